The predicted molar refractivity (Wildman–Crippen MR) is 116 cm³/mol. The van der Waals surface area contributed by atoms with E-state index in [0.29, 0.717) is 10.6 Å². The Morgan fingerprint density at radius 1 is 1.27 bits per heavy atom. The van der Waals surface area contributed by atoms with Crippen LogP contribution >= 0.6 is 23.6 Å². The van der Waals surface area contributed by atoms with E-state index in [4.69, 9.17) is 16.6 Å². The summed E-state index contributed by atoms with van der Waals surface area (Å²) in [5.41, 5.74) is 1.78. The normalized spacial score (nSPS) is 12.1. The van der Waals surface area contributed by atoms with Gasteiger partial charge < -0.3 is 9.73 Å². The molecule has 1 amide bonds. The third kappa shape index (κ3) is 3.68. The maximum Gasteiger partial charge on any atom is 0.293 e. The van der Waals surface area contributed by atoms with E-state index in [9.17, 15) is 20.2 Å². The number of fused-ring (bicyclic) bond motifs is 1. The van der Waals surface area contributed by atoms with Crippen LogP contribution in [0.25, 0.3) is 11.3 Å². The van der Waals surface area contributed by atoms with E-state index in [-0.39, 0.29) is 27.9 Å². The number of carbonyl (C=O) groups is 1. The molecular formula is C20H14N4O4S2. The number of nitriles is 1. The summed E-state index contributed by atoms with van der Waals surface area (Å²) in [6, 6.07) is 11.2. The summed E-state index contributed by atoms with van der Waals surface area (Å²) in [4.78, 5) is 24.3. The fraction of sp³-hybridized carbons (Fsp3) is 0.150. The van der Waals surface area contributed by atoms with Crippen LogP contribution in [0, 0.1) is 21.4 Å². The van der Waals surface area contributed by atoms with Crippen molar-refractivity contribution < 1.29 is 14.1 Å². The molecule has 0 saturated carbocycles. The van der Waals surface area contributed by atoms with E-state index in [1.54, 1.807) is 18.2 Å². The van der Waals surface area contributed by atoms with Gasteiger partial charge in [-0.05, 0) is 55.2 Å². The van der Waals surface area contributed by atoms with E-state index in [2.05, 4.69) is 16.7 Å². The third-order valence-corrected chi connectivity index (χ3v) is 6.09. The molecule has 3 aromatic rings. The van der Waals surface area contributed by atoms with Crippen LogP contribution in [0.2, 0.25) is 0 Å². The first kappa shape index (κ1) is 19.8. The number of nitrogens with one attached hydrogen (secondary N) is 2. The minimum absolute atomic E-state index is 0.0403. The highest BCUT2D eigenvalue weighted by Gasteiger charge is 2.23. The fourth-order valence-corrected chi connectivity index (χ4v) is 4.86. The topological polar surface area (TPSA) is 121 Å². The lowest BCUT2D eigenvalue weighted by Crippen LogP contribution is -2.33. The number of nitrogens with zero attached hydrogens (tertiary/aromatic N) is 2. The van der Waals surface area contributed by atoms with Gasteiger partial charge in [0.2, 0.25) is 0 Å². The second kappa shape index (κ2) is 8.06. The number of hydrogen-bond acceptors (Lipinski definition) is 7. The molecule has 1 aromatic carbocycles. The number of thiocarbonyl (C=S) groups is 1. The molecule has 0 unspecified atom stereocenters. The Kier molecular flexibility index (Phi) is 5.31. The van der Waals surface area contributed by atoms with E-state index in [0.717, 1.165) is 24.8 Å². The van der Waals surface area contributed by atoms with Gasteiger partial charge in [0.1, 0.15) is 16.8 Å². The van der Waals surface area contributed by atoms with Gasteiger partial charge in [-0.25, -0.2) is 0 Å². The van der Waals surface area contributed by atoms with Crippen molar-refractivity contribution in [2.75, 3.05) is 5.32 Å². The molecule has 1 aliphatic carbocycles. The zero-order valence-corrected chi connectivity index (χ0v) is 17.1. The molecule has 0 radical (unpaired) electrons. The van der Waals surface area contributed by atoms with E-state index >= 15 is 0 Å². The van der Waals surface area contributed by atoms with Gasteiger partial charge in [0.15, 0.2) is 10.9 Å². The van der Waals surface area contributed by atoms with Crippen LogP contribution in [-0.2, 0) is 12.8 Å². The lowest BCUT2D eigenvalue weighted by Gasteiger charge is -2.07. The van der Waals surface area contributed by atoms with Crippen LogP contribution in [0.5, 0.6) is 0 Å². The van der Waals surface area contributed by atoms with Crippen molar-refractivity contribution >= 4 is 45.3 Å². The van der Waals surface area contributed by atoms with Gasteiger partial charge in [-0.3, -0.25) is 20.2 Å². The number of nitro benzene ring substituents is 1. The number of rotatable bonds is 4. The molecule has 0 spiro atoms. The van der Waals surface area contributed by atoms with Crippen molar-refractivity contribution in [3.63, 3.8) is 0 Å². The second-order valence-corrected chi connectivity index (χ2v) is 8.03. The highest BCUT2D eigenvalue weighted by molar-refractivity contribution is 7.80. The van der Waals surface area contributed by atoms with Crippen molar-refractivity contribution in [3.05, 3.63) is 68.3 Å². The summed E-state index contributed by atoms with van der Waals surface area (Å²) in [5.74, 6) is -0.436. The molecule has 150 valence electrons. The first-order valence-electron chi connectivity index (χ1n) is 8.98. The van der Waals surface area contributed by atoms with Gasteiger partial charge >= 0.3 is 0 Å². The molecule has 0 bridgehead atoms. The number of hydrogen-bond donors (Lipinski definition) is 2. The smallest absolute Gasteiger partial charge is 0.293 e. The molecule has 0 aliphatic heterocycles. The van der Waals surface area contributed by atoms with E-state index in [1.807, 2.05) is 0 Å². The SMILES string of the molecule is N#Cc1c(NC(=S)NC(=O)c2ccc(-c3ccccc3[N+](=O)[O-])o2)sc2c1CCC2. The van der Waals surface area contributed by atoms with Gasteiger partial charge in [-0.15, -0.1) is 11.3 Å². The van der Waals surface area contributed by atoms with Crippen LogP contribution in [0.15, 0.2) is 40.8 Å². The quantitative estimate of drug-likeness (QED) is 0.352. The van der Waals surface area contributed by atoms with Crippen molar-refractivity contribution in [2.45, 2.75) is 19.3 Å². The summed E-state index contributed by atoms with van der Waals surface area (Å²) >= 11 is 6.68. The Balaban J connectivity index is 1.47. The van der Waals surface area contributed by atoms with Crippen LogP contribution in [0.1, 0.15) is 33.0 Å². The van der Waals surface area contributed by atoms with Crippen LogP contribution < -0.4 is 10.6 Å². The summed E-state index contributed by atoms with van der Waals surface area (Å²) in [5, 5.41) is 26.7. The van der Waals surface area contributed by atoms with Crippen LogP contribution in [0.3, 0.4) is 0 Å². The monoisotopic (exact) mass is 438 g/mol. The number of benzene rings is 1. The molecule has 30 heavy (non-hydrogen) atoms. The molecule has 10 heteroatoms. The van der Waals surface area contributed by atoms with Gasteiger partial charge in [0.05, 0.1) is 16.1 Å². The lowest BCUT2D eigenvalue weighted by atomic mass is 10.1. The zero-order chi connectivity index (χ0) is 21.3. The molecule has 8 nitrogen and oxygen atoms in total. The number of amides is 1. The Morgan fingerprint density at radius 2 is 2.07 bits per heavy atom. The standard InChI is InChI=1S/C20H14N4O4S2/c21-10-13-11-5-3-7-17(11)30-19(13)23-20(29)22-18(25)16-9-8-15(28-16)12-4-1-2-6-14(12)24(26)27/h1-2,4,6,8-9H,3,5,7H2,(H2,22,23,25,29). The number of furan rings is 1. The molecule has 0 fully saturated rings. The average Bonchev–Trinajstić information content (AvgIpc) is 3.43. The van der Waals surface area contributed by atoms with Crippen LogP contribution in [0.4, 0.5) is 10.7 Å². The minimum atomic E-state index is -0.597. The van der Waals surface area contributed by atoms with Crippen LogP contribution in [-0.4, -0.2) is 15.9 Å². The van der Waals surface area contributed by atoms with Gasteiger partial charge in [0.25, 0.3) is 11.6 Å². The number of thiophene rings is 1. The highest BCUT2D eigenvalue weighted by Crippen LogP contribution is 2.38. The largest absolute Gasteiger partial charge is 0.451 e. The van der Waals surface area contributed by atoms with Crippen molar-refractivity contribution in [2.24, 2.45) is 0 Å². The van der Waals surface area contributed by atoms with Crippen molar-refractivity contribution in [3.8, 4) is 17.4 Å². The Morgan fingerprint density at radius 3 is 2.83 bits per heavy atom. The summed E-state index contributed by atoms with van der Waals surface area (Å²) in [6.07, 6.45) is 2.85. The maximum absolute atomic E-state index is 12.5. The molecular weight excluding hydrogens is 424 g/mol. The summed E-state index contributed by atoms with van der Waals surface area (Å²) in [6.45, 7) is 0. The second-order valence-electron chi connectivity index (χ2n) is 6.52. The Hall–Kier alpha value is -3.55. The fourth-order valence-electron chi connectivity index (χ4n) is 3.36. The van der Waals surface area contributed by atoms with Gasteiger partial charge in [-0.1, -0.05) is 12.1 Å². The highest BCUT2D eigenvalue weighted by atomic mass is 32.1. The molecule has 1 aliphatic rings. The number of nitro groups is 1. The number of para-hydroxylation sites is 1. The van der Waals surface area contributed by atoms with Gasteiger partial charge in [-0.2, -0.15) is 5.26 Å². The molecule has 0 atom stereocenters. The molecule has 2 N–H and O–H groups in total. The summed E-state index contributed by atoms with van der Waals surface area (Å²) in [7, 11) is 0. The minimum Gasteiger partial charge on any atom is -0.451 e. The zero-order valence-electron chi connectivity index (χ0n) is 15.4. The van der Waals surface area contributed by atoms with Crippen molar-refractivity contribution in [1.82, 2.24) is 5.32 Å². The first-order valence-corrected chi connectivity index (χ1v) is 10.2. The first-order chi connectivity index (χ1) is 14.5. The van der Waals surface area contributed by atoms with Gasteiger partial charge in [0, 0.05) is 10.9 Å². The number of aryl methyl sites for hydroxylation is 1. The summed E-state index contributed by atoms with van der Waals surface area (Å²) < 4.78 is 5.51. The molecule has 2 aromatic heterocycles. The third-order valence-electron chi connectivity index (χ3n) is 4.68. The molecule has 2 heterocycles. The Bertz CT molecular complexity index is 1220. The molecule has 0 saturated heterocycles. The molecule has 4 rings (SSSR count). The van der Waals surface area contributed by atoms with Crippen molar-refractivity contribution in [1.29, 1.82) is 5.26 Å². The number of carbonyl (C=O) groups excluding carboxylic acids is 1. The lowest BCUT2D eigenvalue weighted by molar-refractivity contribution is -0.384. The Labute approximate surface area is 180 Å². The predicted octanol–water partition coefficient (Wildman–Crippen LogP) is 4.40. The van der Waals surface area contributed by atoms with E-state index < -0.39 is 10.8 Å². The number of anilines is 1. The average molecular weight is 438 g/mol. The maximum atomic E-state index is 12.5. The van der Waals surface area contributed by atoms with E-state index in [1.165, 1.54) is 34.4 Å².